The molecule has 6 rings (SSSR count). The summed E-state index contributed by atoms with van der Waals surface area (Å²) in [5.74, 6) is -0.0865. The number of carbonyl (C=O) groups is 1. The Balaban J connectivity index is 1.18. The zero-order chi connectivity index (χ0) is 25.3. The van der Waals surface area contributed by atoms with Crippen LogP contribution in [0.1, 0.15) is 52.0 Å². The largest absolute Gasteiger partial charge is 0.491 e. The molecule has 5 fully saturated rings. The predicted molar refractivity (Wildman–Crippen MR) is 126 cm³/mol. The van der Waals surface area contributed by atoms with Crippen molar-refractivity contribution in [3.05, 3.63) is 29.8 Å². The Kier molecular flexibility index (Phi) is 7.24. The van der Waals surface area contributed by atoms with Crippen LogP contribution in [0.15, 0.2) is 29.4 Å². The third-order valence-electron chi connectivity index (χ3n) is 8.05. The van der Waals surface area contributed by atoms with E-state index >= 15 is 0 Å². The number of oxime groups is 1. The van der Waals surface area contributed by atoms with Gasteiger partial charge in [-0.15, -0.1) is 0 Å². The van der Waals surface area contributed by atoms with Crippen LogP contribution in [0.3, 0.4) is 0 Å². The molecule has 2 bridgehead atoms. The Bertz CT molecular complexity index is 972. The van der Waals surface area contributed by atoms with Crippen molar-refractivity contribution in [3.63, 3.8) is 0 Å². The molecular formula is C26H35NO9. The molecule has 0 radical (unpaired) electrons. The quantitative estimate of drug-likeness (QED) is 0.232. The number of fused-ring (bicyclic) bond motifs is 2. The zero-order valence-electron chi connectivity index (χ0n) is 21.0. The Labute approximate surface area is 210 Å². The summed E-state index contributed by atoms with van der Waals surface area (Å²) in [6.07, 6.45) is 4.41. The highest BCUT2D eigenvalue weighted by Crippen LogP contribution is 2.60. The summed E-state index contributed by atoms with van der Waals surface area (Å²) in [5, 5.41) is 12.2. The van der Waals surface area contributed by atoms with Gasteiger partial charge in [0.15, 0.2) is 18.2 Å². The maximum Gasteiger partial charge on any atom is 0.344 e. The molecule has 36 heavy (non-hydrogen) atoms. The van der Waals surface area contributed by atoms with E-state index in [4.69, 9.17) is 33.8 Å². The number of benzene rings is 1. The van der Waals surface area contributed by atoms with Crippen LogP contribution in [0, 0.1) is 23.7 Å². The normalized spacial score (nSPS) is 39.4. The minimum atomic E-state index is -1.08. The molecule has 1 N–H and O–H groups in total. The highest BCUT2D eigenvalue weighted by molar-refractivity contribution is 5.79. The molecule has 0 aromatic heterocycles. The highest BCUT2D eigenvalue weighted by atomic mass is 17.3. The van der Waals surface area contributed by atoms with Crippen LogP contribution in [0.4, 0.5) is 0 Å². The lowest BCUT2D eigenvalue weighted by Gasteiger charge is -2.60. The summed E-state index contributed by atoms with van der Waals surface area (Å²) in [7, 11) is 0. The molecule has 8 atom stereocenters. The van der Waals surface area contributed by atoms with Gasteiger partial charge < -0.3 is 28.9 Å². The smallest absolute Gasteiger partial charge is 0.344 e. The molecule has 5 aliphatic rings. The first-order valence-corrected chi connectivity index (χ1v) is 12.7. The molecule has 10 heteroatoms. The number of rotatable bonds is 9. The summed E-state index contributed by atoms with van der Waals surface area (Å²) in [5.41, 5.74) is 0.130. The maximum absolute atomic E-state index is 10.5. The standard InChI is InChI=1S/C26H35NO9/c1-16-7-8-21-17(2)23(33-24-26(21)20(16)9-10-25(3,34-24)35-36-26)31-12-11-30-19-6-4-5-18(13-19)14-27-32-15-22(28)29/h4-6,13-14,16-17,20-21,23-24H,7-12,15H2,1-3H3,(H,28,29)/b27-14+/t16-,17-,20?,21+,23+,24-,25-,26-/m1/s1. The molecule has 4 aliphatic heterocycles. The van der Waals surface area contributed by atoms with Crippen molar-refractivity contribution in [2.75, 3.05) is 19.8 Å². The molecule has 1 unspecified atom stereocenters. The second-order valence-corrected chi connectivity index (χ2v) is 10.5. The lowest BCUT2D eigenvalue weighted by atomic mass is 9.58. The van der Waals surface area contributed by atoms with E-state index in [0.29, 0.717) is 30.8 Å². The van der Waals surface area contributed by atoms with E-state index in [1.54, 1.807) is 6.07 Å². The minimum absolute atomic E-state index is 0.108. The second-order valence-electron chi connectivity index (χ2n) is 10.5. The van der Waals surface area contributed by atoms with E-state index in [2.05, 4.69) is 23.8 Å². The van der Waals surface area contributed by atoms with Gasteiger partial charge in [-0.3, -0.25) is 0 Å². The van der Waals surface area contributed by atoms with Gasteiger partial charge in [0.25, 0.3) is 0 Å². The number of ether oxygens (including phenoxy) is 4. The summed E-state index contributed by atoms with van der Waals surface area (Å²) in [6.45, 7) is 6.56. The van der Waals surface area contributed by atoms with Crippen molar-refractivity contribution in [2.45, 2.75) is 70.4 Å². The second kappa shape index (κ2) is 10.3. The van der Waals surface area contributed by atoms with Crippen molar-refractivity contribution >= 4 is 12.2 Å². The molecular weight excluding hydrogens is 470 g/mol. The summed E-state index contributed by atoms with van der Waals surface area (Å²) in [4.78, 5) is 27.2. The average molecular weight is 506 g/mol. The van der Waals surface area contributed by atoms with Crippen LogP contribution >= 0.6 is 0 Å². The van der Waals surface area contributed by atoms with Crippen molar-refractivity contribution in [2.24, 2.45) is 28.8 Å². The monoisotopic (exact) mass is 505 g/mol. The Morgan fingerprint density at radius 1 is 1.19 bits per heavy atom. The first-order valence-electron chi connectivity index (χ1n) is 12.7. The van der Waals surface area contributed by atoms with E-state index in [1.165, 1.54) is 6.21 Å². The highest BCUT2D eigenvalue weighted by Gasteiger charge is 2.69. The SMILES string of the molecule is C[C@H]1[C@@H](OCCOc2cccc(/C=N/OCC(=O)O)c2)O[C@@H]2O[C@@]3(C)CCC4[C@H](C)CC[C@@H]1[C@]42OO3. The Hall–Kier alpha value is -2.24. The molecule has 4 heterocycles. The molecule has 10 nitrogen and oxygen atoms in total. The molecule has 1 aliphatic carbocycles. The van der Waals surface area contributed by atoms with Crippen LogP contribution in [0.2, 0.25) is 0 Å². The third-order valence-corrected chi connectivity index (χ3v) is 8.05. The lowest BCUT2D eigenvalue weighted by Crippen LogP contribution is -2.70. The van der Waals surface area contributed by atoms with Crippen LogP contribution in [0.5, 0.6) is 5.75 Å². The van der Waals surface area contributed by atoms with Crippen molar-refractivity contribution in [1.82, 2.24) is 0 Å². The minimum Gasteiger partial charge on any atom is -0.491 e. The van der Waals surface area contributed by atoms with Gasteiger partial charge in [0.05, 0.1) is 12.8 Å². The summed E-state index contributed by atoms with van der Waals surface area (Å²) >= 11 is 0. The molecule has 0 amide bonds. The fourth-order valence-electron chi connectivity index (χ4n) is 6.26. The fraction of sp³-hybridized carbons (Fsp3) is 0.692. The van der Waals surface area contributed by atoms with E-state index < -0.39 is 36.5 Å². The number of carboxylic acids is 1. The van der Waals surface area contributed by atoms with Crippen molar-refractivity contribution in [1.29, 1.82) is 0 Å². The molecule has 1 spiro atoms. The van der Waals surface area contributed by atoms with Crippen LogP contribution < -0.4 is 4.74 Å². The van der Waals surface area contributed by atoms with Gasteiger partial charge in [-0.25, -0.2) is 14.6 Å². The first-order chi connectivity index (χ1) is 17.3. The maximum atomic E-state index is 10.5. The van der Waals surface area contributed by atoms with Crippen LogP contribution in [0.25, 0.3) is 0 Å². The van der Waals surface area contributed by atoms with Crippen LogP contribution in [-0.4, -0.2) is 61.1 Å². The van der Waals surface area contributed by atoms with E-state index in [0.717, 1.165) is 31.2 Å². The predicted octanol–water partition coefficient (Wildman–Crippen LogP) is 3.73. The van der Waals surface area contributed by atoms with Crippen LogP contribution in [-0.2, 0) is 33.6 Å². The van der Waals surface area contributed by atoms with Gasteiger partial charge in [-0.1, -0.05) is 31.1 Å². The number of hydrogen-bond donors (Lipinski definition) is 1. The number of nitrogens with zero attached hydrogens (tertiary/aromatic N) is 1. The van der Waals surface area contributed by atoms with Crippen molar-refractivity contribution in [3.8, 4) is 5.75 Å². The zero-order valence-corrected chi connectivity index (χ0v) is 21.0. The Morgan fingerprint density at radius 2 is 2.06 bits per heavy atom. The molecule has 1 aromatic rings. The molecule has 1 aromatic carbocycles. The van der Waals surface area contributed by atoms with E-state index in [9.17, 15) is 4.79 Å². The third kappa shape index (κ3) is 4.84. The Morgan fingerprint density at radius 3 is 2.89 bits per heavy atom. The fourth-order valence-corrected chi connectivity index (χ4v) is 6.26. The lowest BCUT2D eigenvalue weighted by molar-refractivity contribution is -0.577. The van der Waals surface area contributed by atoms with Gasteiger partial charge in [-0.05, 0) is 55.7 Å². The van der Waals surface area contributed by atoms with Gasteiger partial charge >= 0.3 is 5.97 Å². The number of hydrogen-bond acceptors (Lipinski definition) is 9. The van der Waals surface area contributed by atoms with E-state index in [-0.39, 0.29) is 11.8 Å². The molecule has 1 saturated carbocycles. The summed E-state index contributed by atoms with van der Waals surface area (Å²) < 4.78 is 24.8. The summed E-state index contributed by atoms with van der Waals surface area (Å²) in [6, 6.07) is 7.25. The number of aliphatic carboxylic acids is 1. The van der Waals surface area contributed by atoms with Crippen molar-refractivity contribution < 1.29 is 43.5 Å². The average Bonchev–Trinajstić information content (AvgIpc) is 3.08. The van der Waals surface area contributed by atoms with Gasteiger partial charge in [-0.2, -0.15) is 0 Å². The van der Waals surface area contributed by atoms with Gasteiger partial charge in [0, 0.05) is 18.3 Å². The first kappa shape index (κ1) is 25.4. The number of carboxylic acid groups (broad SMARTS) is 1. The molecule has 198 valence electrons. The van der Waals surface area contributed by atoms with Gasteiger partial charge in [0.1, 0.15) is 12.4 Å². The molecule has 4 saturated heterocycles. The topological polar surface area (TPSA) is 114 Å². The van der Waals surface area contributed by atoms with E-state index in [1.807, 2.05) is 25.1 Å². The van der Waals surface area contributed by atoms with Gasteiger partial charge in [0.2, 0.25) is 12.4 Å².